The molecule has 0 unspecified atom stereocenters. The Hall–Kier alpha value is -1.66. The van der Waals surface area contributed by atoms with Crippen LogP contribution in [0.1, 0.15) is 23.8 Å². The lowest BCUT2D eigenvalue weighted by atomic mass is 10.3. The highest BCUT2D eigenvalue weighted by Gasteiger charge is 2.15. The Labute approximate surface area is 113 Å². The molecule has 0 aliphatic carbocycles. The average molecular weight is 264 g/mol. The number of carbonyl (C=O) groups excluding carboxylic acids is 1. The van der Waals surface area contributed by atoms with Crippen LogP contribution in [0.4, 0.5) is 5.82 Å². The van der Waals surface area contributed by atoms with Gasteiger partial charge in [0, 0.05) is 19.6 Å². The van der Waals surface area contributed by atoms with E-state index in [-0.39, 0.29) is 5.91 Å². The predicted octanol–water partition coefficient (Wildman–Crippen LogP) is 0.880. The summed E-state index contributed by atoms with van der Waals surface area (Å²) in [5, 5.41) is 5.03. The van der Waals surface area contributed by atoms with Crippen LogP contribution in [0, 0.1) is 0 Å². The van der Waals surface area contributed by atoms with Crippen LogP contribution in [-0.2, 0) is 4.74 Å². The van der Waals surface area contributed by atoms with E-state index in [2.05, 4.69) is 22.7 Å². The number of anilines is 1. The summed E-state index contributed by atoms with van der Waals surface area (Å²) < 4.78 is 5.23. The molecule has 0 saturated carbocycles. The van der Waals surface area contributed by atoms with Crippen LogP contribution in [0.2, 0.25) is 0 Å². The van der Waals surface area contributed by atoms with E-state index in [9.17, 15) is 4.79 Å². The first-order valence-electron chi connectivity index (χ1n) is 6.64. The van der Waals surface area contributed by atoms with Gasteiger partial charge in [0.15, 0.2) is 0 Å². The highest BCUT2D eigenvalue weighted by Crippen LogP contribution is 2.05. The Balaban J connectivity index is 1.93. The fraction of sp³-hybridized carbons (Fsp3) is 0.538. The van der Waals surface area contributed by atoms with Crippen LogP contribution in [0.25, 0.3) is 0 Å². The van der Waals surface area contributed by atoms with Gasteiger partial charge in [-0.25, -0.2) is 9.99 Å². The van der Waals surface area contributed by atoms with Gasteiger partial charge in [0.1, 0.15) is 11.5 Å². The van der Waals surface area contributed by atoms with Gasteiger partial charge in [0.25, 0.3) is 5.91 Å². The number of ether oxygens (including phenoxy) is 1. The average Bonchev–Trinajstić information content (AvgIpc) is 2.46. The topological polar surface area (TPSA) is 66.5 Å². The van der Waals surface area contributed by atoms with Gasteiger partial charge in [-0.1, -0.05) is 13.0 Å². The number of carbonyl (C=O) groups is 1. The highest BCUT2D eigenvalue weighted by molar-refractivity contribution is 5.92. The number of aromatic nitrogens is 1. The van der Waals surface area contributed by atoms with Gasteiger partial charge in [0.05, 0.1) is 13.2 Å². The predicted molar refractivity (Wildman–Crippen MR) is 72.9 cm³/mol. The molecule has 0 spiro atoms. The number of hydrazine groups is 1. The summed E-state index contributed by atoms with van der Waals surface area (Å²) in [4.78, 5) is 16.3. The monoisotopic (exact) mass is 264 g/mol. The molecule has 1 amide bonds. The summed E-state index contributed by atoms with van der Waals surface area (Å²) in [6.07, 6.45) is 1.02. The van der Waals surface area contributed by atoms with Gasteiger partial charge in [0.2, 0.25) is 0 Å². The van der Waals surface area contributed by atoms with Crippen LogP contribution in [0.5, 0.6) is 0 Å². The van der Waals surface area contributed by atoms with Crippen molar-refractivity contribution in [3.63, 3.8) is 0 Å². The lowest BCUT2D eigenvalue weighted by Crippen LogP contribution is -2.48. The zero-order valence-electron chi connectivity index (χ0n) is 11.2. The first kappa shape index (κ1) is 13.8. The second-order valence-electron chi connectivity index (χ2n) is 4.38. The Bertz CT molecular complexity index is 419. The molecule has 2 rings (SSSR count). The van der Waals surface area contributed by atoms with Crippen molar-refractivity contribution in [1.82, 2.24) is 15.4 Å². The minimum Gasteiger partial charge on any atom is -0.379 e. The first-order chi connectivity index (χ1) is 9.29. The largest absolute Gasteiger partial charge is 0.379 e. The SMILES string of the molecule is CCCNc1cccc(C(=O)NN2CCOCC2)n1. The maximum atomic E-state index is 12.1. The van der Waals surface area contributed by atoms with E-state index in [1.165, 1.54) is 0 Å². The smallest absolute Gasteiger partial charge is 0.284 e. The highest BCUT2D eigenvalue weighted by atomic mass is 16.5. The normalized spacial score (nSPS) is 16.1. The van der Waals surface area contributed by atoms with Crippen molar-refractivity contribution < 1.29 is 9.53 Å². The molecule has 104 valence electrons. The lowest BCUT2D eigenvalue weighted by Gasteiger charge is -2.26. The molecule has 1 aromatic rings. The van der Waals surface area contributed by atoms with Crippen LogP contribution in [-0.4, -0.2) is 48.7 Å². The number of hydrogen-bond acceptors (Lipinski definition) is 5. The van der Waals surface area contributed by atoms with Crippen molar-refractivity contribution >= 4 is 11.7 Å². The van der Waals surface area contributed by atoms with Crippen molar-refractivity contribution in [2.24, 2.45) is 0 Å². The Morgan fingerprint density at radius 3 is 2.95 bits per heavy atom. The summed E-state index contributed by atoms with van der Waals surface area (Å²) >= 11 is 0. The summed E-state index contributed by atoms with van der Waals surface area (Å²) in [5.74, 6) is 0.554. The molecular formula is C13H20N4O2. The summed E-state index contributed by atoms with van der Waals surface area (Å²) in [5.41, 5.74) is 3.27. The molecular weight excluding hydrogens is 244 g/mol. The molecule has 6 heteroatoms. The standard InChI is InChI=1S/C13H20N4O2/c1-2-6-14-12-5-3-4-11(15-12)13(18)16-17-7-9-19-10-8-17/h3-5H,2,6-10H2,1H3,(H,14,15)(H,16,18). The van der Waals surface area contributed by atoms with Crippen LogP contribution >= 0.6 is 0 Å². The third kappa shape index (κ3) is 4.18. The fourth-order valence-electron chi connectivity index (χ4n) is 1.79. The third-order valence-electron chi connectivity index (χ3n) is 2.81. The summed E-state index contributed by atoms with van der Waals surface area (Å²) in [6, 6.07) is 5.41. The van der Waals surface area contributed by atoms with Crippen molar-refractivity contribution in [1.29, 1.82) is 0 Å². The number of amides is 1. The van der Waals surface area contributed by atoms with E-state index < -0.39 is 0 Å². The second-order valence-corrected chi connectivity index (χ2v) is 4.38. The molecule has 1 aromatic heterocycles. The molecule has 0 aromatic carbocycles. The molecule has 1 aliphatic heterocycles. The van der Waals surface area contributed by atoms with Crippen molar-refractivity contribution in [3.8, 4) is 0 Å². The molecule has 0 bridgehead atoms. The van der Waals surface area contributed by atoms with Crippen LogP contribution < -0.4 is 10.7 Å². The van der Waals surface area contributed by atoms with E-state index in [0.29, 0.717) is 32.0 Å². The van der Waals surface area contributed by atoms with E-state index >= 15 is 0 Å². The van der Waals surface area contributed by atoms with Gasteiger partial charge < -0.3 is 10.1 Å². The zero-order chi connectivity index (χ0) is 13.5. The van der Waals surface area contributed by atoms with E-state index in [0.717, 1.165) is 18.8 Å². The maximum absolute atomic E-state index is 12.1. The van der Waals surface area contributed by atoms with E-state index in [4.69, 9.17) is 4.74 Å². The van der Waals surface area contributed by atoms with Crippen molar-refractivity contribution in [3.05, 3.63) is 23.9 Å². The molecule has 19 heavy (non-hydrogen) atoms. The summed E-state index contributed by atoms with van der Waals surface area (Å²) in [6.45, 7) is 5.64. The minimum absolute atomic E-state index is 0.179. The molecule has 1 aliphatic rings. The number of rotatable bonds is 5. The number of hydrogen-bond donors (Lipinski definition) is 2. The third-order valence-corrected chi connectivity index (χ3v) is 2.81. The first-order valence-corrected chi connectivity index (χ1v) is 6.64. The maximum Gasteiger partial charge on any atom is 0.284 e. The number of pyridine rings is 1. The lowest BCUT2D eigenvalue weighted by molar-refractivity contribution is 0.0124. The number of nitrogens with zero attached hydrogens (tertiary/aromatic N) is 2. The molecule has 0 radical (unpaired) electrons. The molecule has 1 fully saturated rings. The fourth-order valence-corrected chi connectivity index (χ4v) is 1.79. The van der Waals surface area contributed by atoms with Crippen LogP contribution in [0.3, 0.4) is 0 Å². The molecule has 6 nitrogen and oxygen atoms in total. The van der Waals surface area contributed by atoms with Crippen molar-refractivity contribution in [2.45, 2.75) is 13.3 Å². The van der Waals surface area contributed by atoms with E-state index in [1.807, 2.05) is 17.1 Å². The zero-order valence-corrected chi connectivity index (χ0v) is 11.2. The second kappa shape index (κ2) is 7.06. The number of morpholine rings is 1. The quantitative estimate of drug-likeness (QED) is 0.826. The Kier molecular flexibility index (Phi) is 5.11. The molecule has 1 saturated heterocycles. The van der Waals surface area contributed by atoms with Crippen molar-refractivity contribution in [2.75, 3.05) is 38.2 Å². The van der Waals surface area contributed by atoms with Gasteiger partial charge in [-0.2, -0.15) is 0 Å². The van der Waals surface area contributed by atoms with E-state index in [1.54, 1.807) is 6.07 Å². The van der Waals surface area contributed by atoms with Gasteiger partial charge in [-0.05, 0) is 18.6 Å². The summed E-state index contributed by atoms with van der Waals surface area (Å²) in [7, 11) is 0. The molecule has 0 atom stereocenters. The Morgan fingerprint density at radius 2 is 2.21 bits per heavy atom. The van der Waals surface area contributed by atoms with Gasteiger partial charge >= 0.3 is 0 Å². The molecule has 2 N–H and O–H groups in total. The van der Waals surface area contributed by atoms with Gasteiger partial charge in [-0.15, -0.1) is 0 Å². The Morgan fingerprint density at radius 1 is 1.42 bits per heavy atom. The molecule has 2 heterocycles. The van der Waals surface area contributed by atoms with Gasteiger partial charge in [-0.3, -0.25) is 10.2 Å². The van der Waals surface area contributed by atoms with Crippen LogP contribution in [0.15, 0.2) is 18.2 Å². The minimum atomic E-state index is -0.179. The number of nitrogens with one attached hydrogen (secondary N) is 2.